The molecule has 1 aromatic rings. The average Bonchev–Trinajstić information content (AvgIpc) is 2.35. The van der Waals surface area contributed by atoms with Gasteiger partial charge in [0.25, 0.3) is 11.6 Å². The lowest BCUT2D eigenvalue weighted by Crippen LogP contribution is -2.41. The van der Waals surface area contributed by atoms with Crippen LogP contribution in [0.25, 0.3) is 0 Å². The number of nitro benzene ring substituents is 1. The molecule has 1 aromatic carbocycles. The fraction of sp³-hybridized carbons (Fsp3) is 0.273. The largest absolute Gasteiger partial charge is 0.449 e. The second kappa shape index (κ2) is 6.34. The third kappa shape index (κ3) is 3.95. The lowest BCUT2D eigenvalue weighted by molar-refractivity contribution is -0.385. The van der Waals surface area contributed by atoms with Crippen LogP contribution in [-0.2, 0) is 4.74 Å². The van der Waals surface area contributed by atoms with Crippen molar-refractivity contribution in [2.24, 2.45) is 0 Å². The van der Waals surface area contributed by atoms with E-state index in [1.807, 2.05) is 5.43 Å². The molecule has 0 aliphatic heterocycles. The summed E-state index contributed by atoms with van der Waals surface area (Å²) in [6.45, 7) is 3.33. The summed E-state index contributed by atoms with van der Waals surface area (Å²) in [7, 11) is 0. The van der Waals surface area contributed by atoms with Crippen molar-refractivity contribution in [3.05, 3.63) is 39.4 Å². The molecule has 102 valence electrons. The number of ether oxygens (including phenoxy) is 1. The molecule has 19 heavy (non-hydrogen) atoms. The Bertz CT molecular complexity index is 515. The van der Waals surface area contributed by atoms with Gasteiger partial charge in [-0.15, -0.1) is 0 Å². The van der Waals surface area contributed by atoms with Crippen molar-refractivity contribution in [3.8, 4) is 0 Å². The zero-order valence-corrected chi connectivity index (χ0v) is 10.4. The van der Waals surface area contributed by atoms with E-state index in [0.29, 0.717) is 5.56 Å². The Labute approximate surface area is 108 Å². The lowest BCUT2D eigenvalue weighted by atomic mass is 10.1. The number of rotatable bonds is 3. The standard InChI is InChI=1S/C11H13N3O5/c1-3-19-11(16)13-12-10(15)8-4-5-9(14(17)18)7(2)6-8/h4-6H,3H2,1-2H3,(H,12,15)(H,13,16). The van der Waals surface area contributed by atoms with Crippen LogP contribution in [0.2, 0.25) is 0 Å². The van der Waals surface area contributed by atoms with Gasteiger partial charge in [0, 0.05) is 17.2 Å². The van der Waals surface area contributed by atoms with Crippen molar-refractivity contribution in [2.45, 2.75) is 13.8 Å². The van der Waals surface area contributed by atoms with Crippen LogP contribution in [0.4, 0.5) is 10.5 Å². The molecule has 2 amide bonds. The molecular formula is C11H13N3O5. The van der Waals surface area contributed by atoms with Crippen LogP contribution >= 0.6 is 0 Å². The van der Waals surface area contributed by atoms with E-state index in [1.165, 1.54) is 25.1 Å². The number of nitro groups is 1. The number of nitrogens with zero attached hydrogens (tertiary/aromatic N) is 1. The van der Waals surface area contributed by atoms with Crippen LogP contribution < -0.4 is 10.9 Å². The number of carbonyl (C=O) groups is 2. The second-order valence-electron chi connectivity index (χ2n) is 3.56. The van der Waals surface area contributed by atoms with E-state index in [4.69, 9.17) is 0 Å². The third-order valence-electron chi connectivity index (χ3n) is 2.21. The summed E-state index contributed by atoms with van der Waals surface area (Å²) in [5, 5.41) is 10.6. The van der Waals surface area contributed by atoms with Gasteiger partial charge in [-0.25, -0.2) is 10.2 Å². The molecule has 0 aliphatic rings. The van der Waals surface area contributed by atoms with E-state index < -0.39 is 16.9 Å². The fourth-order valence-electron chi connectivity index (χ4n) is 1.35. The Balaban J connectivity index is 2.70. The zero-order valence-electron chi connectivity index (χ0n) is 10.4. The van der Waals surface area contributed by atoms with Crippen molar-refractivity contribution in [1.29, 1.82) is 0 Å². The van der Waals surface area contributed by atoms with Gasteiger partial charge in [-0.2, -0.15) is 0 Å². The first-order valence-corrected chi connectivity index (χ1v) is 5.43. The van der Waals surface area contributed by atoms with Crippen molar-refractivity contribution < 1.29 is 19.2 Å². The first kappa shape index (κ1) is 14.4. The molecule has 8 heteroatoms. The molecule has 8 nitrogen and oxygen atoms in total. The Morgan fingerprint density at radius 2 is 2.05 bits per heavy atom. The number of hydrazine groups is 1. The topological polar surface area (TPSA) is 111 Å². The molecule has 2 N–H and O–H groups in total. The molecule has 0 atom stereocenters. The molecule has 0 aliphatic carbocycles. The number of hydrogen-bond donors (Lipinski definition) is 2. The minimum atomic E-state index is -0.783. The predicted molar refractivity (Wildman–Crippen MR) is 65.5 cm³/mol. The SMILES string of the molecule is CCOC(=O)NNC(=O)c1ccc([N+](=O)[O-])c(C)c1. The summed E-state index contributed by atoms with van der Waals surface area (Å²) in [5.41, 5.74) is 4.65. The van der Waals surface area contributed by atoms with E-state index >= 15 is 0 Å². The minimum absolute atomic E-state index is 0.0742. The molecule has 0 aromatic heterocycles. The maximum Gasteiger partial charge on any atom is 0.426 e. The molecule has 1 rings (SSSR count). The second-order valence-corrected chi connectivity index (χ2v) is 3.56. The number of amides is 2. The summed E-state index contributed by atoms with van der Waals surface area (Å²) in [6, 6.07) is 3.89. The van der Waals surface area contributed by atoms with Gasteiger partial charge < -0.3 is 4.74 Å². The van der Waals surface area contributed by atoms with E-state index in [2.05, 4.69) is 10.2 Å². The summed E-state index contributed by atoms with van der Waals surface area (Å²) in [5.74, 6) is -0.592. The molecule has 0 spiro atoms. The Kier molecular flexibility index (Phi) is 4.81. The summed E-state index contributed by atoms with van der Waals surface area (Å²) < 4.78 is 4.55. The van der Waals surface area contributed by atoms with E-state index in [9.17, 15) is 19.7 Å². The lowest BCUT2D eigenvalue weighted by Gasteiger charge is -2.07. The maximum atomic E-state index is 11.6. The molecule has 0 heterocycles. The van der Waals surface area contributed by atoms with Crippen LogP contribution in [0, 0.1) is 17.0 Å². The molecular weight excluding hydrogens is 254 g/mol. The summed E-state index contributed by atoms with van der Waals surface area (Å²) in [6.07, 6.45) is -0.783. The molecule has 0 fully saturated rings. The molecule has 0 bridgehead atoms. The normalized spacial score (nSPS) is 9.58. The van der Waals surface area contributed by atoms with Gasteiger partial charge in [0.05, 0.1) is 11.5 Å². The number of hydrogen-bond acceptors (Lipinski definition) is 5. The van der Waals surface area contributed by atoms with E-state index in [1.54, 1.807) is 6.92 Å². The highest BCUT2D eigenvalue weighted by Crippen LogP contribution is 2.18. The van der Waals surface area contributed by atoms with Crippen LogP contribution in [0.1, 0.15) is 22.8 Å². The van der Waals surface area contributed by atoms with E-state index in [-0.39, 0.29) is 17.9 Å². The van der Waals surface area contributed by atoms with Gasteiger partial charge in [-0.05, 0) is 26.0 Å². The summed E-state index contributed by atoms with van der Waals surface area (Å²) >= 11 is 0. The number of aryl methyl sites for hydroxylation is 1. The van der Waals surface area contributed by atoms with Crippen LogP contribution in [0.3, 0.4) is 0 Å². The third-order valence-corrected chi connectivity index (χ3v) is 2.21. The minimum Gasteiger partial charge on any atom is -0.449 e. The monoisotopic (exact) mass is 267 g/mol. The first-order valence-electron chi connectivity index (χ1n) is 5.43. The van der Waals surface area contributed by atoms with Crippen molar-refractivity contribution >= 4 is 17.7 Å². The molecule has 0 saturated heterocycles. The fourth-order valence-corrected chi connectivity index (χ4v) is 1.35. The quantitative estimate of drug-likeness (QED) is 0.633. The highest BCUT2D eigenvalue weighted by Gasteiger charge is 2.14. The molecule has 0 radical (unpaired) electrons. The smallest absolute Gasteiger partial charge is 0.426 e. The average molecular weight is 267 g/mol. The van der Waals surface area contributed by atoms with Gasteiger partial charge in [0.2, 0.25) is 0 Å². The Hall–Kier alpha value is -2.64. The number of nitrogens with one attached hydrogen (secondary N) is 2. The Morgan fingerprint density at radius 3 is 2.58 bits per heavy atom. The highest BCUT2D eigenvalue weighted by molar-refractivity contribution is 5.95. The van der Waals surface area contributed by atoms with Crippen molar-refractivity contribution in [2.75, 3.05) is 6.61 Å². The first-order chi connectivity index (χ1) is 8.95. The highest BCUT2D eigenvalue weighted by atomic mass is 16.6. The number of benzene rings is 1. The van der Waals surface area contributed by atoms with Gasteiger partial charge in [-0.3, -0.25) is 20.3 Å². The van der Waals surface area contributed by atoms with Gasteiger partial charge in [0.1, 0.15) is 0 Å². The van der Waals surface area contributed by atoms with Crippen molar-refractivity contribution in [3.63, 3.8) is 0 Å². The van der Waals surface area contributed by atoms with Crippen molar-refractivity contribution in [1.82, 2.24) is 10.9 Å². The molecule has 0 unspecified atom stereocenters. The number of carbonyl (C=O) groups excluding carboxylic acids is 2. The van der Waals surface area contributed by atoms with Gasteiger partial charge in [0.15, 0.2) is 0 Å². The van der Waals surface area contributed by atoms with E-state index in [0.717, 1.165) is 0 Å². The zero-order chi connectivity index (χ0) is 14.4. The predicted octanol–water partition coefficient (Wildman–Crippen LogP) is 1.29. The molecule has 0 saturated carbocycles. The van der Waals surface area contributed by atoms with Crippen LogP contribution in [0.15, 0.2) is 18.2 Å². The Morgan fingerprint density at radius 1 is 1.37 bits per heavy atom. The van der Waals surface area contributed by atoms with Crippen LogP contribution in [-0.4, -0.2) is 23.5 Å². The van der Waals surface area contributed by atoms with Crippen LogP contribution in [0.5, 0.6) is 0 Å². The maximum absolute atomic E-state index is 11.6. The summed E-state index contributed by atoms with van der Waals surface area (Å²) in [4.78, 5) is 32.7. The van der Waals surface area contributed by atoms with Gasteiger partial charge >= 0.3 is 6.09 Å². The van der Waals surface area contributed by atoms with Gasteiger partial charge in [-0.1, -0.05) is 0 Å².